The second-order valence-electron chi connectivity index (χ2n) is 7.65. The molecule has 3 rings (SSSR count). The minimum atomic E-state index is 0.111. The van der Waals surface area contributed by atoms with E-state index in [1.807, 2.05) is 11.0 Å². The maximum Gasteiger partial charge on any atom is 0.233 e. The van der Waals surface area contributed by atoms with Gasteiger partial charge in [-0.05, 0) is 62.7 Å². The lowest BCUT2D eigenvalue weighted by Gasteiger charge is -2.25. The number of rotatable bonds is 8. The van der Waals surface area contributed by atoms with E-state index in [9.17, 15) is 4.79 Å². The summed E-state index contributed by atoms with van der Waals surface area (Å²) in [5, 5.41) is 0.799. The first-order valence-electron chi connectivity index (χ1n) is 10.4. The molecule has 0 radical (unpaired) electrons. The molecule has 154 valence electrons. The van der Waals surface area contributed by atoms with Gasteiger partial charge < -0.3 is 4.90 Å². The van der Waals surface area contributed by atoms with Gasteiger partial charge >= 0.3 is 0 Å². The summed E-state index contributed by atoms with van der Waals surface area (Å²) in [6.07, 6.45) is 0.402. The summed E-state index contributed by atoms with van der Waals surface area (Å²) in [7, 11) is 0. The van der Waals surface area contributed by atoms with E-state index in [1.54, 1.807) is 11.3 Å². The molecule has 29 heavy (non-hydrogen) atoms. The van der Waals surface area contributed by atoms with Crippen LogP contribution in [0.2, 0.25) is 0 Å². The number of benzene rings is 2. The number of aryl methyl sites for hydroxylation is 3. The largest absolute Gasteiger partial charge is 0.302 e. The van der Waals surface area contributed by atoms with E-state index in [1.165, 1.54) is 16.7 Å². The summed E-state index contributed by atoms with van der Waals surface area (Å²) < 4.78 is 1.13. The maximum atomic E-state index is 13.4. The average molecular weight is 410 g/mol. The first kappa shape index (κ1) is 21.5. The molecule has 0 aliphatic heterocycles. The van der Waals surface area contributed by atoms with Crippen molar-refractivity contribution in [1.29, 1.82) is 0 Å². The molecule has 0 atom stereocenters. The third-order valence-electron chi connectivity index (χ3n) is 5.44. The highest BCUT2D eigenvalue weighted by molar-refractivity contribution is 7.22. The lowest BCUT2D eigenvalue weighted by molar-refractivity contribution is -0.118. The van der Waals surface area contributed by atoms with Crippen molar-refractivity contribution in [2.75, 3.05) is 31.1 Å². The molecule has 0 N–H and O–H groups in total. The van der Waals surface area contributed by atoms with Gasteiger partial charge in [-0.3, -0.25) is 9.69 Å². The third kappa shape index (κ3) is 5.22. The van der Waals surface area contributed by atoms with Crippen LogP contribution < -0.4 is 4.90 Å². The molecule has 0 aliphatic carbocycles. The second kappa shape index (κ2) is 9.51. The fraction of sp³-hybridized carbons (Fsp3) is 0.417. The summed E-state index contributed by atoms with van der Waals surface area (Å²) >= 11 is 1.61. The molecule has 0 spiro atoms. The number of fused-ring (bicyclic) bond motifs is 1. The Bertz CT molecular complexity index is 991. The van der Waals surface area contributed by atoms with Crippen molar-refractivity contribution >= 4 is 32.6 Å². The molecule has 1 heterocycles. The van der Waals surface area contributed by atoms with E-state index in [-0.39, 0.29) is 5.91 Å². The number of anilines is 1. The van der Waals surface area contributed by atoms with Gasteiger partial charge in [0.05, 0.1) is 16.6 Å². The Morgan fingerprint density at radius 2 is 1.66 bits per heavy atom. The molecule has 0 aliphatic rings. The predicted octanol–water partition coefficient (Wildman–Crippen LogP) is 5.14. The summed E-state index contributed by atoms with van der Waals surface area (Å²) in [6, 6.07) is 12.6. The maximum absolute atomic E-state index is 13.4. The number of hydrogen-bond donors (Lipinski definition) is 0. The van der Waals surface area contributed by atoms with Crippen LogP contribution in [0.5, 0.6) is 0 Å². The molecule has 0 bridgehead atoms. The predicted molar refractivity (Wildman–Crippen MR) is 124 cm³/mol. The van der Waals surface area contributed by atoms with Crippen LogP contribution in [0.1, 0.15) is 36.1 Å². The molecule has 0 saturated carbocycles. The van der Waals surface area contributed by atoms with Crippen molar-refractivity contribution in [3.8, 4) is 0 Å². The Morgan fingerprint density at radius 3 is 2.34 bits per heavy atom. The molecule has 2 aromatic carbocycles. The molecule has 0 unspecified atom stereocenters. The minimum absolute atomic E-state index is 0.111. The Hall–Kier alpha value is -2.24. The van der Waals surface area contributed by atoms with Gasteiger partial charge in [0.2, 0.25) is 5.91 Å². The third-order valence-corrected chi connectivity index (χ3v) is 6.48. The van der Waals surface area contributed by atoms with Crippen LogP contribution in [0.4, 0.5) is 5.13 Å². The van der Waals surface area contributed by atoms with E-state index in [0.29, 0.717) is 13.0 Å². The Balaban J connectivity index is 1.89. The highest BCUT2D eigenvalue weighted by atomic mass is 32.1. The molecule has 4 nitrogen and oxygen atoms in total. The van der Waals surface area contributed by atoms with Gasteiger partial charge in [0.15, 0.2) is 5.13 Å². The summed E-state index contributed by atoms with van der Waals surface area (Å²) in [5.41, 5.74) is 5.65. The molecule has 0 fully saturated rings. The first-order chi connectivity index (χ1) is 13.9. The summed E-state index contributed by atoms with van der Waals surface area (Å²) in [5.74, 6) is 0.111. The topological polar surface area (TPSA) is 36.4 Å². The zero-order valence-electron chi connectivity index (χ0n) is 18.2. The van der Waals surface area contributed by atoms with Gasteiger partial charge in [-0.1, -0.05) is 55.0 Å². The molecular weight excluding hydrogens is 378 g/mol. The first-order valence-corrected chi connectivity index (χ1v) is 11.2. The van der Waals surface area contributed by atoms with Gasteiger partial charge in [-0.25, -0.2) is 4.98 Å². The fourth-order valence-corrected chi connectivity index (χ4v) is 4.65. The van der Waals surface area contributed by atoms with Crippen LogP contribution >= 0.6 is 11.3 Å². The van der Waals surface area contributed by atoms with Crippen LogP contribution in [0.25, 0.3) is 10.2 Å². The summed E-state index contributed by atoms with van der Waals surface area (Å²) in [6.45, 7) is 14.0. The minimum Gasteiger partial charge on any atom is -0.302 e. The van der Waals surface area contributed by atoms with Crippen LogP contribution in [0.3, 0.4) is 0 Å². The van der Waals surface area contributed by atoms with Gasteiger partial charge in [0.25, 0.3) is 0 Å². The zero-order valence-corrected chi connectivity index (χ0v) is 19.0. The number of amides is 1. The quantitative estimate of drug-likeness (QED) is 0.517. The molecule has 1 aromatic heterocycles. The number of aromatic nitrogens is 1. The van der Waals surface area contributed by atoms with E-state index in [2.05, 4.69) is 69.9 Å². The lowest BCUT2D eigenvalue weighted by Crippen LogP contribution is -2.39. The second-order valence-corrected chi connectivity index (χ2v) is 8.66. The average Bonchev–Trinajstić information content (AvgIpc) is 3.10. The highest BCUT2D eigenvalue weighted by Gasteiger charge is 2.21. The Labute approximate surface area is 178 Å². The molecule has 0 saturated heterocycles. The fourth-order valence-electron chi connectivity index (χ4n) is 3.55. The van der Waals surface area contributed by atoms with Gasteiger partial charge in [0, 0.05) is 13.1 Å². The Kier molecular flexibility index (Phi) is 7.04. The smallest absolute Gasteiger partial charge is 0.233 e. The number of carbonyl (C=O) groups excluding carboxylic acids is 1. The summed E-state index contributed by atoms with van der Waals surface area (Å²) in [4.78, 5) is 22.4. The van der Waals surface area contributed by atoms with E-state index in [4.69, 9.17) is 4.98 Å². The standard InChI is InChI=1S/C24H31N3OS/c1-6-26(7-2)12-13-27(23(28)16-20-10-8-17(3)14-19(20)5)24-25-21-11-9-18(4)15-22(21)29-24/h8-11,14-15H,6-7,12-13,16H2,1-5H3. The van der Waals surface area contributed by atoms with Crippen molar-refractivity contribution < 1.29 is 4.79 Å². The SMILES string of the molecule is CCN(CC)CCN(C(=O)Cc1ccc(C)cc1C)c1nc2ccc(C)cc2s1. The lowest BCUT2D eigenvalue weighted by atomic mass is 10.0. The van der Waals surface area contributed by atoms with Gasteiger partial charge in [0.1, 0.15) is 0 Å². The number of carbonyl (C=O) groups is 1. The zero-order chi connectivity index (χ0) is 21.0. The molecule has 3 aromatic rings. The van der Waals surface area contributed by atoms with Crippen LogP contribution in [0.15, 0.2) is 36.4 Å². The van der Waals surface area contributed by atoms with Crippen molar-refractivity contribution in [2.45, 2.75) is 41.0 Å². The number of thiazole rings is 1. The van der Waals surface area contributed by atoms with Crippen molar-refractivity contribution in [1.82, 2.24) is 9.88 Å². The van der Waals surface area contributed by atoms with Crippen LogP contribution in [0, 0.1) is 20.8 Å². The Morgan fingerprint density at radius 1 is 0.966 bits per heavy atom. The normalized spacial score (nSPS) is 11.4. The molecule has 1 amide bonds. The van der Waals surface area contributed by atoms with Crippen LogP contribution in [-0.2, 0) is 11.2 Å². The van der Waals surface area contributed by atoms with Crippen LogP contribution in [-0.4, -0.2) is 42.0 Å². The van der Waals surface area contributed by atoms with E-state index < -0.39 is 0 Å². The van der Waals surface area contributed by atoms with Gasteiger partial charge in [-0.2, -0.15) is 0 Å². The number of nitrogens with zero attached hydrogens (tertiary/aromatic N) is 3. The van der Waals surface area contributed by atoms with E-state index >= 15 is 0 Å². The number of hydrogen-bond acceptors (Lipinski definition) is 4. The van der Waals surface area contributed by atoms with Crippen molar-refractivity contribution in [3.63, 3.8) is 0 Å². The highest BCUT2D eigenvalue weighted by Crippen LogP contribution is 2.30. The monoisotopic (exact) mass is 409 g/mol. The molecular formula is C24H31N3OS. The van der Waals surface area contributed by atoms with Crippen molar-refractivity contribution in [2.24, 2.45) is 0 Å². The molecule has 5 heteroatoms. The van der Waals surface area contributed by atoms with Crippen molar-refractivity contribution in [3.05, 3.63) is 58.7 Å². The van der Waals surface area contributed by atoms with E-state index in [0.717, 1.165) is 40.5 Å². The van der Waals surface area contributed by atoms with Gasteiger partial charge in [-0.15, -0.1) is 0 Å². The number of likely N-dealkylation sites (N-methyl/N-ethyl adjacent to an activating group) is 1.